The number of amides is 1. The van der Waals surface area contributed by atoms with Gasteiger partial charge in [-0.15, -0.1) is 0 Å². The molecule has 0 saturated heterocycles. The first kappa shape index (κ1) is 18.2. The summed E-state index contributed by atoms with van der Waals surface area (Å²) in [4.78, 5) is 20.3. The van der Waals surface area contributed by atoms with E-state index in [2.05, 4.69) is 33.1 Å². The van der Waals surface area contributed by atoms with Crippen molar-refractivity contribution in [1.82, 2.24) is 15.4 Å². The van der Waals surface area contributed by atoms with Gasteiger partial charge < -0.3 is 11.1 Å². The summed E-state index contributed by atoms with van der Waals surface area (Å²) in [5.74, 6) is 0.605. The summed E-state index contributed by atoms with van der Waals surface area (Å²) < 4.78 is 0. The van der Waals surface area contributed by atoms with Crippen LogP contribution in [0.5, 0.6) is 0 Å². The van der Waals surface area contributed by atoms with Gasteiger partial charge in [0.05, 0.1) is 6.42 Å². The van der Waals surface area contributed by atoms with Crippen LogP contribution in [-0.4, -0.2) is 15.9 Å². The Hall–Kier alpha value is -3.61. The first-order valence-corrected chi connectivity index (χ1v) is 8.56. The van der Waals surface area contributed by atoms with Crippen molar-refractivity contribution < 1.29 is 4.79 Å². The summed E-state index contributed by atoms with van der Waals surface area (Å²) in [7, 11) is 0. The third kappa shape index (κ3) is 4.72. The van der Waals surface area contributed by atoms with Gasteiger partial charge in [-0.2, -0.15) is 0 Å². The molecule has 5 N–H and O–H groups in total. The SMILES string of the molecule is Cc1ccc(Nc2ncnc(NNC(=O)Cc3ccccc3)c2N)cc1C. The minimum absolute atomic E-state index is 0.192. The van der Waals surface area contributed by atoms with Crippen molar-refractivity contribution in [2.24, 2.45) is 0 Å². The topological polar surface area (TPSA) is 105 Å². The largest absolute Gasteiger partial charge is 0.393 e. The molecule has 1 heterocycles. The summed E-state index contributed by atoms with van der Waals surface area (Å²) in [6.45, 7) is 4.09. The molecule has 7 nitrogen and oxygen atoms in total. The molecule has 3 aromatic rings. The molecule has 3 rings (SSSR count). The van der Waals surface area contributed by atoms with Crippen molar-refractivity contribution in [3.05, 3.63) is 71.5 Å². The fourth-order valence-corrected chi connectivity index (χ4v) is 2.51. The van der Waals surface area contributed by atoms with E-state index in [1.54, 1.807) is 0 Å². The van der Waals surface area contributed by atoms with E-state index < -0.39 is 0 Å². The number of carbonyl (C=O) groups excluding carboxylic acids is 1. The average Bonchev–Trinajstić information content (AvgIpc) is 2.66. The second kappa shape index (κ2) is 8.18. The van der Waals surface area contributed by atoms with Gasteiger partial charge in [-0.3, -0.25) is 15.6 Å². The van der Waals surface area contributed by atoms with Gasteiger partial charge in [-0.25, -0.2) is 9.97 Å². The Morgan fingerprint density at radius 1 is 1.00 bits per heavy atom. The number of nitrogens with one attached hydrogen (secondary N) is 3. The van der Waals surface area contributed by atoms with Crippen LogP contribution in [0, 0.1) is 13.8 Å². The number of hydrazine groups is 1. The van der Waals surface area contributed by atoms with Gasteiger partial charge in [0.25, 0.3) is 0 Å². The molecule has 0 radical (unpaired) electrons. The lowest BCUT2D eigenvalue weighted by Gasteiger charge is -2.14. The van der Waals surface area contributed by atoms with Crippen LogP contribution < -0.4 is 21.9 Å². The average molecular weight is 362 g/mol. The van der Waals surface area contributed by atoms with Crippen molar-refractivity contribution in [1.29, 1.82) is 0 Å². The number of nitrogen functional groups attached to an aromatic ring is 1. The fourth-order valence-electron chi connectivity index (χ4n) is 2.51. The molecule has 0 unspecified atom stereocenters. The highest BCUT2D eigenvalue weighted by atomic mass is 16.2. The number of nitrogens with two attached hydrogens (primary N) is 1. The molecular weight excluding hydrogens is 340 g/mol. The minimum atomic E-state index is -0.192. The maximum atomic E-state index is 12.1. The number of nitrogens with zero attached hydrogens (tertiary/aromatic N) is 2. The molecule has 7 heteroatoms. The molecule has 2 aromatic carbocycles. The lowest BCUT2D eigenvalue weighted by atomic mass is 10.1. The van der Waals surface area contributed by atoms with E-state index in [9.17, 15) is 4.79 Å². The fraction of sp³-hybridized carbons (Fsp3) is 0.150. The van der Waals surface area contributed by atoms with Crippen molar-refractivity contribution >= 4 is 28.9 Å². The zero-order valence-electron chi connectivity index (χ0n) is 15.3. The van der Waals surface area contributed by atoms with E-state index in [1.165, 1.54) is 17.5 Å². The Bertz CT molecular complexity index is 942. The Labute approximate surface area is 158 Å². The lowest BCUT2D eigenvalue weighted by molar-refractivity contribution is -0.119. The standard InChI is InChI=1S/C20H22N6O/c1-13-8-9-16(10-14(13)2)24-19-18(21)20(23-12-22-19)26-25-17(27)11-15-6-4-3-5-7-15/h3-10,12H,11,21H2,1-2H3,(H,25,27)(H2,22,23,24,26). The van der Waals surface area contributed by atoms with Crippen LogP contribution >= 0.6 is 0 Å². The number of aryl methyl sites for hydroxylation is 2. The van der Waals surface area contributed by atoms with Crippen molar-refractivity contribution in [2.45, 2.75) is 20.3 Å². The number of hydrogen-bond acceptors (Lipinski definition) is 6. The number of rotatable bonds is 6. The number of benzene rings is 2. The molecule has 27 heavy (non-hydrogen) atoms. The second-order valence-corrected chi connectivity index (χ2v) is 6.24. The zero-order chi connectivity index (χ0) is 19.2. The van der Waals surface area contributed by atoms with Gasteiger partial charge in [0, 0.05) is 5.69 Å². The van der Waals surface area contributed by atoms with E-state index >= 15 is 0 Å². The van der Waals surface area contributed by atoms with Crippen molar-refractivity contribution in [3.63, 3.8) is 0 Å². The van der Waals surface area contributed by atoms with Crippen LogP contribution in [0.15, 0.2) is 54.9 Å². The molecule has 0 atom stereocenters. The number of hydrogen-bond donors (Lipinski definition) is 4. The summed E-state index contributed by atoms with van der Waals surface area (Å²) in [5, 5.41) is 3.18. The quantitative estimate of drug-likeness (QED) is 0.502. The van der Waals surface area contributed by atoms with E-state index in [-0.39, 0.29) is 12.3 Å². The predicted octanol–water partition coefficient (Wildman–Crippen LogP) is 3.11. The van der Waals surface area contributed by atoms with Gasteiger partial charge >= 0.3 is 0 Å². The molecular formula is C20H22N6O. The molecule has 0 spiro atoms. The number of anilines is 4. The molecule has 138 valence electrons. The first-order chi connectivity index (χ1) is 13.0. The second-order valence-electron chi connectivity index (χ2n) is 6.24. The first-order valence-electron chi connectivity index (χ1n) is 8.56. The van der Waals surface area contributed by atoms with Crippen LogP contribution in [-0.2, 0) is 11.2 Å². The molecule has 0 bridgehead atoms. The van der Waals surface area contributed by atoms with E-state index in [1.807, 2.05) is 55.5 Å². The summed E-state index contributed by atoms with van der Waals surface area (Å²) in [6.07, 6.45) is 1.64. The van der Waals surface area contributed by atoms with Crippen LogP contribution in [0.1, 0.15) is 16.7 Å². The highest BCUT2D eigenvalue weighted by Gasteiger charge is 2.10. The molecule has 1 amide bonds. The van der Waals surface area contributed by atoms with Gasteiger partial charge in [0.2, 0.25) is 5.91 Å². The van der Waals surface area contributed by atoms with Crippen LogP contribution in [0.2, 0.25) is 0 Å². The highest BCUT2D eigenvalue weighted by Crippen LogP contribution is 2.26. The summed E-state index contributed by atoms with van der Waals surface area (Å²) in [5.41, 5.74) is 16.0. The Kier molecular flexibility index (Phi) is 5.51. The predicted molar refractivity (Wildman–Crippen MR) is 108 cm³/mol. The number of aromatic nitrogens is 2. The Balaban J connectivity index is 1.65. The van der Waals surface area contributed by atoms with E-state index in [0.717, 1.165) is 11.3 Å². The molecule has 0 aliphatic rings. The molecule has 0 aliphatic heterocycles. The van der Waals surface area contributed by atoms with Gasteiger partial charge in [0.1, 0.15) is 12.0 Å². The molecule has 0 fully saturated rings. The maximum absolute atomic E-state index is 12.1. The van der Waals surface area contributed by atoms with Gasteiger partial charge in [0.15, 0.2) is 11.6 Å². The van der Waals surface area contributed by atoms with Gasteiger partial charge in [-0.1, -0.05) is 36.4 Å². The summed E-state index contributed by atoms with van der Waals surface area (Å²) >= 11 is 0. The summed E-state index contributed by atoms with van der Waals surface area (Å²) in [6, 6.07) is 15.5. The Morgan fingerprint density at radius 2 is 1.74 bits per heavy atom. The van der Waals surface area contributed by atoms with Crippen molar-refractivity contribution in [3.8, 4) is 0 Å². The van der Waals surface area contributed by atoms with E-state index in [4.69, 9.17) is 5.73 Å². The van der Waals surface area contributed by atoms with Crippen LogP contribution in [0.25, 0.3) is 0 Å². The van der Waals surface area contributed by atoms with Crippen LogP contribution in [0.4, 0.5) is 23.0 Å². The Morgan fingerprint density at radius 3 is 2.48 bits per heavy atom. The molecule has 0 aliphatic carbocycles. The maximum Gasteiger partial charge on any atom is 0.242 e. The molecule has 1 aromatic heterocycles. The van der Waals surface area contributed by atoms with Crippen molar-refractivity contribution in [2.75, 3.05) is 16.5 Å². The smallest absolute Gasteiger partial charge is 0.242 e. The third-order valence-electron chi connectivity index (χ3n) is 4.18. The van der Waals surface area contributed by atoms with Gasteiger partial charge in [-0.05, 0) is 42.7 Å². The highest BCUT2D eigenvalue weighted by molar-refractivity contribution is 5.82. The monoisotopic (exact) mass is 362 g/mol. The minimum Gasteiger partial charge on any atom is -0.393 e. The zero-order valence-corrected chi connectivity index (χ0v) is 15.3. The van der Waals surface area contributed by atoms with E-state index in [0.29, 0.717) is 17.3 Å². The normalized spacial score (nSPS) is 10.3. The third-order valence-corrected chi connectivity index (χ3v) is 4.18. The molecule has 0 saturated carbocycles. The lowest BCUT2D eigenvalue weighted by Crippen LogP contribution is -2.31. The number of carbonyl (C=O) groups is 1. The van der Waals surface area contributed by atoms with Crippen LogP contribution in [0.3, 0.4) is 0 Å².